The van der Waals surface area contributed by atoms with Crippen LogP contribution in [-0.4, -0.2) is 28.0 Å². The van der Waals surface area contributed by atoms with Gasteiger partial charge in [-0.1, -0.05) is 0 Å². The topological polar surface area (TPSA) is 49.7 Å². The molecule has 10 heavy (non-hydrogen) atoms. The zero-order valence-electron chi connectivity index (χ0n) is 6.11. The summed E-state index contributed by atoms with van der Waals surface area (Å²) >= 11 is 0. The van der Waals surface area contributed by atoms with Crippen LogP contribution in [0.2, 0.25) is 0 Å². The Kier molecular flexibility index (Phi) is 3.94. The van der Waals surface area contributed by atoms with Crippen molar-refractivity contribution in [3.05, 3.63) is 6.61 Å². The fraction of sp³-hybridized carbons (Fsp3) is 0.833. The van der Waals surface area contributed by atoms with E-state index in [2.05, 4.69) is 0 Å². The summed E-state index contributed by atoms with van der Waals surface area (Å²) in [5.74, 6) is 0. The number of aliphatic hydroxyl groups excluding tert-OH is 2. The first-order chi connectivity index (χ1) is 4.04. The van der Waals surface area contributed by atoms with Gasteiger partial charge < -0.3 is 14.9 Å². The van der Waals surface area contributed by atoms with Crippen molar-refractivity contribution in [2.24, 2.45) is 0 Å². The third-order valence-electron chi connectivity index (χ3n) is 1.55. The van der Waals surface area contributed by atoms with Crippen LogP contribution in [-0.2, 0) is 37.4 Å². The molecular weight excluding hydrogens is 209 g/mol. The monoisotopic (exact) mass is 220 g/mol. The fourth-order valence-corrected chi connectivity index (χ4v) is 0.800. The normalized spacial score (nSPS) is 37.2. The molecule has 1 fully saturated rings. The zero-order chi connectivity index (χ0) is 7.07. The molecule has 1 saturated heterocycles. The molecule has 1 aliphatic heterocycles. The first-order valence-corrected chi connectivity index (χ1v) is 2.91. The summed E-state index contributed by atoms with van der Waals surface area (Å²) in [7, 11) is 0. The second-order valence-corrected chi connectivity index (χ2v) is 2.79. The van der Waals surface area contributed by atoms with E-state index in [1.807, 2.05) is 0 Å². The molecule has 0 aromatic heterocycles. The van der Waals surface area contributed by atoms with E-state index in [0.717, 1.165) is 0 Å². The van der Waals surface area contributed by atoms with E-state index in [0.29, 0.717) is 0 Å². The van der Waals surface area contributed by atoms with Crippen LogP contribution in [0.5, 0.6) is 0 Å². The SMILES string of the molecule is CC1(C)O[CH-]C(O)C1O.[Y+3]. The van der Waals surface area contributed by atoms with Crippen LogP contribution in [0, 0.1) is 6.61 Å². The van der Waals surface area contributed by atoms with Crippen molar-refractivity contribution in [3.8, 4) is 0 Å². The van der Waals surface area contributed by atoms with Crippen LogP contribution in [0.1, 0.15) is 13.8 Å². The number of hydrogen-bond acceptors (Lipinski definition) is 3. The van der Waals surface area contributed by atoms with Gasteiger partial charge in [0.25, 0.3) is 0 Å². The molecule has 1 heterocycles. The van der Waals surface area contributed by atoms with Gasteiger partial charge in [0.15, 0.2) is 0 Å². The predicted molar refractivity (Wildman–Crippen MR) is 31.5 cm³/mol. The number of ether oxygens (including phenoxy) is 1. The van der Waals surface area contributed by atoms with Gasteiger partial charge in [-0.2, -0.15) is 6.61 Å². The standard InChI is InChI=1S/C6H11O3.Y/c1-6(2)5(8)4(7)3-9-6;/h3-5,7-8H,1-2H3;/q-1;+3. The molecule has 2 N–H and O–H groups in total. The van der Waals surface area contributed by atoms with Crippen LogP contribution in [0.3, 0.4) is 0 Å². The molecule has 3 nitrogen and oxygen atoms in total. The molecule has 2 atom stereocenters. The van der Waals surface area contributed by atoms with E-state index < -0.39 is 17.8 Å². The third kappa shape index (κ3) is 1.99. The molecular formula is C6H11O3Y+2. The van der Waals surface area contributed by atoms with E-state index in [-0.39, 0.29) is 32.7 Å². The molecule has 1 rings (SSSR count). The molecule has 0 saturated carbocycles. The fourth-order valence-electron chi connectivity index (χ4n) is 0.800. The van der Waals surface area contributed by atoms with Gasteiger partial charge in [0.2, 0.25) is 0 Å². The van der Waals surface area contributed by atoms with Gasteiger partial charge in [-0.15, -0.1) is 0 Å². The van der Waals surface area contributed by atoms with Crippen molar-refractivity contribution in [2.45, 2.75) is 31.7 Å². The Labute approximate surface area is 85.6 Å². The summed E-state index contributed by atoms with van der Waals surface area (Å²) in [6.07, 6.45) is -1.63. The van der Waals surface area contributed by atoms with Gasteiger partial charge in [0, 0.05) is 0 Å². The van der Waals surface area contributed by atoms with Crippen LogP contribution in [0.15, 0.2) is 0 Å². The smallest absolute Gasteiger partial charge is 0.543 e. The summed E-state index contributed by atoms with van der Waals surface area (Å²) in [6.45, 7) is 4.71. The van der Waals surface area contributed by atoms with Crippen molar-refractivity contribution in [3.63, 3.8) is 0 Å². The molecule has 0 aromatic carbocycles. The Hall–Kier alpha value is 0.984. The zero-order valence-corrected chi connectivity index (χ0v) is 8.95. The first kappa shape index (κ1) is 11.0. The van der Waals surface area contributed by atoms with E-state index in [1.165, 1.54) is 6.61 Å². The quantitative estimate of drug-likeness (QED) is 0.550. The molecule has 2 unspecified atom stereocenters. The minimum absolute atomic E-state index is 0. The van der Waals surface area contributed by atoms with Crippen LogP contribution >= 0.6 is 0 Å². The van der Waals surface area contributed by atoms with Gasteiger partial charge in [0.1, 0.15) is 0 Å². The number of rotatable bonds is 0. The second kappa shape index (κ2) is 3.59. The Morgan fingerprint density at radius 1 is 1.40 bits per heavy atom. The summed E-state index contributed by atoms with van der Waals surface area (Å²) in [6, 6.07) is 0. The average Bonchev–Trinajstić information content (AvgIpc) is 1.97. The van der Waals surface area contributed by atoms with Crippen molar-refractivity contribution < 1.29 is 47.7 Å². The van der Waals surface area contributed by atoms with Crippen molar-refractivity contribution in [1.82, 2.24) is 0 Å². The maximum atomic E-state index is 9.12. The van der Waals surface area contributed by atoms with E-state index in [1.54, 1.807) is 13.8 Å². The maximum absolute atomic E-state index is 9.12. The molecule has 1 aliphatic rings. The Morgan fingerprint density at radius 2 is 1.90 bits per heavy atom. The Bertz CT molecular complexity index is 116. The van der Waals surface area contributed by atoms with Crippen LogP contribution in [0.4, 0.5) is 0 Å². The molecule has 54 valence electrons. The first-order valence-electron chi connectivity index (χ1n) is 2.91. The molecule has 4 heteroatoms. The Morgan fingerprint density at radius 3 is 2.00 bits per heavy atom. The number of aliphatic hydroxyl groups is 2. The minimum Gasteiger partial charge on any atom is -0.543 e. The molecule has 0 bridgehead atoms. The third-order valence-corrected chi connectivity index (χ3v) is 1.55. The van der Waals surface area contributed by atoms with Crippen molar-refractivity contribution in [2.75, 3.05) is 0 Å². The van der Waals surface area contributed by atoms with Crippen molar-refractivity contribution >= 4 is 0 Å². The van der Waals surface area contributed by atoms with Crippen LogP contribution < -0.4 is 0 Å². The average molecular weight is 220 g/mol. The van der Waals surface area contributed by atoms with Crippen molar-refractivity contribution in [1.29, 1.82) is 0 Å². The van der Waals surface area contributed by atoms with E-state index >= 15 is 0 Å². The largest absolute Gasteiger partial charge is 3.00 e. The summed E-state index contributed by atoms with van der Waals surface area (Å²) < 4.78 is 4.94. The second-order valence-electron chi connectivity index (χ2n) is 2.79. The Balaban J connectivity index is 0.000000810. The molecule has 0 radical (unpaired) electrons. The van der Waals surface area contributed by atoms with Gasteiger partial charge in [0.05, 0.1) is 11.7 Å². The summed E-state index contributed by atoms with van der Waals surface area (Å²) in [5.41, 5.74) is -0.626. The van der Waals surface area contributed by atoms with Gasteiger partial charge in [-0.05, 0) is 20.0 Å². The van der Waals surface area contributed by atoms with E-state index in [9.17, 15) is 0 Å². The minimum atomic E-state index is -0.833. The van der Waals surface area contributed by atoms with Gasteiger partial charge >= 0.3 is 32.7 Å². The summed E-state index contributed by atoms with van der Waals surface area (Å²) in [4.78, 5) is 0. The molecule has 0 spiro atoms. The molecule has 0 amide bonds. The predicted octanol–water partition coefficient (Wildman–Crippen LogP) is -0.324. The summed E-state index contributed by atoms with van der Waals surface area (Å²) in [5, 5.41) is 18.0. The number of hydrogen-bond donors (Lipinski definition) is 2. The maximum Gasteiger partial charge on any atom is 3.00 e. The van der Waals surface area contributed by atoms with Crippen LogP contribution in [0.25, 0.3) is 0 Å². The molecule has 0 aliphatic carbocycles. The van der Waals surface area contributed by atoms with Gasteiger partial charge in [-0.25, -0.2) is 0 Å². The molecule has 0 aromatic rings. The van der Waals surface area contributed by atoms with Gasteiger partial charge in [-0.3, -0.25) is 0 Å². The van der Waals surface area contributed by atoms with E-state index in [4.69, 9.17) is 14.9 Å².